The second-order valence-corrected chi connectivity index (χ2v) is 6.07. The number of hydrogen-bond donors (Lipinski definition) is 0. The van der Waals surface area contributed by atoms with Gasteiger partial charge in [0.15, 0.2) is 6.10 Å². The van der Waals surface area contributed by atoms with Crippen LogP contribution in [0.5, 0.6) is 5.75 Å². The molecule has 5 heteroatoms. The molecule has 2 aromatic carbocycles. The van der Waals surface area contributed by atoms with Crippen LogP contribution in [0.25, 0.3) is 11.1 Å². The van der Waals surface area contributed by atoms with Gasteiger partial charge >= 0.3 is 0 Å². The van der Waals surface area contributed by atoms with Gasteiger partial charge in [-0.25, -0.2) is 0 Å². The van der Waals surface area contributed by atoms with Gasteiger partial charge in [0.2, 0.25) is 0 Å². The number of ether oxygens (including phenoxy) is 2. The summed E-state index contributed by atoms with van der Waals surface area (Å²) in [6.07, 6.45) is 1.09. The van der Waals surface area contributed by atoms with Crippen LogP contribution in [0.1, 0.15) is 11.8 Å². The van der Waals surface area contributed by atoms with Crippen molar-refractivity contribution in [1.82, 2.24) is 0 Å². The third kappa shape index (κ3) is 2.57. The van der Waals surface area contributed by atoms with E-state index in [-0.39, 0.29) is 11.9 Å². The van der Waals surface area contributed by atoms with Crippen molar-refractivity contribution in [2.45, 2.75) is 12.1 Å². The quantitative estimate of drug-likeness (QED) is 0.652. The van der Waals surface area contributed by atoms with Crippen molar-refractivity contribution in [3.05, 3.63) is 72.7 Å². The first-order valence-corrected chi connectivity index (χ1v) is 8.37. The Morgan fingerprint density at radius 3 is 2.35 bits per heavy atom. The molecule has 0 radical (unpaired) electrons. The highest BCUT2D eigenvalue weighted by molar-refractivity contribution is 6.05. The van der Waals surface area contributed by atoms with Gasteiger partial charge in [0.1, 0.15) is 17.6 Å². The van der Waals surface area contributed by atoms with Crippen LogP contribution < -0.4 is 9.64 Å². The molecule has 3 aromatic rings. The molecule has 1 fully saturated rings. The molecule has 132 valence electrons. The van der Waals surface area contributed by atoms with E-state index in [0.717, 1.165) is 28.3 Å². The normalized spacial score (nSPS) is 19.3. The lowest BCUT2D eigenvalue weighted by Gasteiger charge is -2.45. The summed E-state index contributed by atoms with van der Waals surface area (Å²) in [4.78, 5) is 14.3. The molecule has 0 unspecified atom stereocenters. The summed E-state index contributed by atoms with van der Waals surface area (Å²) in [7, 11) is 3.16. The SMILES string of the molecule is COc1ccc(N2C(=O)[C@H](OC)[C@@H]2c2occc2-c2ccccc2)cc1. The number of anilines is 1. The minimum Gasteiger partial charge on any atom is -0.497 e. The Kier molecular flexibility index (Phi) is 4.22. The van der Waals surface area contributed by atoms with E-state index in [9.17, 15) is 4.79 Å². The third-order valence-electron chi connectivity index (χ3n) is 4.70. The number of hydrogen-bond acceptors (Lipinski definition) is 4. The summed E-state index contributed by atoms with van der Waals surface area (Å²) in [6.45, 7) is 0. The number of rotatable bonds is 5. The summed E-state index contributed by atoms with van der Waals surface area (Å²) in [6, 6.07) is 19.0. The zero-order valence-corrected chi connectivity index (χ0v) is 14.6. The molecule has 0 spiro atoms. The van der Waals surface area contributed by atoms with Gasteiger partial charge < -0.3 is 13.9 Å². The van der Waals surface area contributed by atoms with Gasteiger partial charge in [0.05, 0.1) is 13.4 Å². The van der Waals surface area contributed by atoms with Crippen LogP contribution in [0.3, 0.4) is 0 Å². The number of nitrogens with zero attached hydrogens (tertiary/aromatic N) is 1. The van der Waals surface area contributed by atoms with Gasteiger partial charge in [0.25, 0.3) is 5.91 Å². The molecular formula is C21H19NO4. The number of benzene rings is 2. The molecule has 1 amide bonds. The van der Waals surface area contributed by atoms with Crippen molar-refractivity contribution >= 4 is 11.6 Å². The zero-order valence-electron chi connectivity index (χ0n) is 14.6. The number of carbonyl (C=O) groups excluding carboxylic acids is 1. The molecule has 2 heterocycles. The van der Waals surface area contributed by atoms with Gasteiger partial charge in [-0.15, -0.1) is 0 Å². The molecule has 0 N–H and O–H groups in total. The standard InChI is InChI=1S/C21H19NO4/c1-24-16-10-8-15(9-11-16)22-18(20(25-2)21(22)23)19-17(12-13-26-19)14-6-4-3-5-7-14/h3-13,18,20H,1-2H3/t18-,20+/m0/s1. The Bertz CT molecular complexity index is 901. The lowest BCUT2D eigenvalue weighted by atomic mass is 9.90. The van der Waals surface area contributed by atoms with E-state index < -0.39 is 6.10 Å². The Balaban J connectivity index is 1.74. The van der Waals surface area contributed by atoms with Crippen molar-refractivity contribution in [3.8, 4) is 16.9 Å². The Morgan fingerprint density at radius 2 is 1.69 bits per heavy atom. The van der Waals surface area contributed by atoms with E-state index in [1.807, 2.05) is 60.7 Å². The fourth-order valence-corrected chi connectivity index (χ4v) is 3.38. The number of furan rings is 1. The molecule has 2 atom stereocenters. The largest absolute Gasteiger partial charge is 0.497 e. The van der Waals surface area contributed by atoms with E-state index in [2.05, 4.69) is 0 Å². The maximum atomic E-state index is 12.6. The van der Waals surface area contributed by atoms with Crippen LogP contribution >= 0.6 is 0 Å². The highest BCUT2D eigenvalue weighted by Crippen LogP contribution is 2.44. The lowest BCUT2D eigenvalue weighted by Crippen LogP contribution is -2.60. The third-order valence-corrected chi connectivity index (χ3v) is 4.70. The first kappa shape index (κ1) is 16.4. The zero-order chi connectivity index (χ0) is 18.1. The van der Waals surface area contributed by atoms with Crippen molar-refractivity contribution in [2.75, 3.05) is 19.1 Å². The van der Waals surface area contributed by atoms with E-state index in [4.69, 9.17) is 13.9 Å². The van der Waals surface area contributed by atoms with E-state index in [1.54, 1.807) is 25.4 Å². The Labute approximate surface area is 151 Å². The summed E-state index contributed by atoms with van der Waals surface area (Å²) >= 11 is 0. The second kappa shape index (κ2) is 6.69. The van der Waals surface area contributed by atoms with Gasteiger partial charge in [-0.3, -0.25) is 9.69 Å². The maximum Gasteiger partial charge on any atom is 0.259 e. The second-order valence-electron chi connectivity index (χ2n) is 6.07. The first-order chi connectivity index (χ1) is 12.7. The minimum absolute atomic E-state index is 0.0851. The van der Waals surface area contributed by atoms with Crippen molar-refractivity contribution in [1.29, 1.82) is 0 Å². The highest BCUT2D eigenvalue weighted by atomic mass is 16.5. The summed E-state index contributed by atoms with van der Waals surface area (Å²) < 4.78 is 16.4. The molecule has 1 aliphatic rings. The van der Waals surface area contributed by atoms with E-state index in [0.29, 0.717) is 0 Å². The number of amides is 1. The van der Waals surface area contributed by atoms with E-state index >= 15 is 0 Å². The maximum absolute atomic E-state index is 12.6. The topological polar surface area (TPSA) is 51.9 Å². The van der Waals surface area contributed by atoms with Gasteiger partial charge in [-0.05, 0) is 35.9 Å². The van der Waals surface area contributed by atoms with Gasteiger partial charge in [-0.2, -0.15) is 0 Å². The number of β-lactam (4-membered cyclic amide) rings is 1. The predicted molar refractivity (Wildman–Crippen MR) is 98.2 cm³/mol. The molecule has 5 nitrogen and oxygen atoms in total. The van der Waals surface area contributed by atoms with Gasteiger partial charge in [-0.1, -0.05) is 30.3 Å². The van der Waals surface area contributed by atoms with Crippen LogP contribution in [0, 0.1) is 0 Å². The van der Waals surface area contributed by atoms with E-state index in [1.165, 1.54) is 0 Å². The fourth-order valence-electron chi connectivity index (χ4n) is 3.38. The average molecular weight is 349 g/mol. The van der Waals surface area contributed by atoms with Crippen LogP contribution in [-0.2, 0) is 9.53 Å². The summed E-state index contributed by atoms with van der Waals surface area (Å²) in [5, 5.41) is 0. The Hall–Kier alpha value is -3.05. The smallest absolute Gasteiger partial charge is 0.259 e. The molecule has 0 aliphatic carbocycles. The van der Waals surface area contributed by atoms with Crippen molar-refractivity contribution in [2.24, 2.45) is 0 Å². The van der Waals surface area contributed by atoms with Crippen molar-refractivity contribution < 1.29 is 18.7 Å². The van der Waals surface area contributed by atoms with Gasteiger partial charge in [0, 0.05) is 18.4 Å². The number of methoxy groups -OCH3 is 2. The van der Waals surface area contributed by atoms with Crippen LogP contribution in [-0.4, -0.2) is 26.2 Å². The lowest BCUT2D eigenvalue weighted by molar-refractivity contribution is -0.140. The molecular weight excluding hydrogens is 330 g/mol. The van der Waals surface area contributed by atoms with Crippen molar-refractivity contribution in [3.63, 3.8) is 0 Å². The molecule has 1 aliphatic heterocycles. The highest BCUT2D eigenvalue weighted by Gasteiger charge is 2.52. The first-order valence-electron chi connectivity index (χ1n) is 8.37. The monoisotopic (exact) mass is 349 g/mol. The molecule has 0 bridgehead atoms. The van der Waals surface area contributed by atoms with Crippen LogP contribution in [0.4, 0.5) is 5.69 Å². The summed E-state index contributed by atoms with van der Waals surface area (Å²) in [5.74, 6) is 1.38. The van der Waals surface area contributed by atoms with Crippen LogP contribution in [0.2, 0.25) is 0 Å². The fraction of sp³-hybridized carbons (Fsp3) is 0.190. The molecule has 1 saturated heterocycles. The predicted octanol–water partition coefficient (Wildman–Crippen LogP) is 4.06. The summed E-state index contributed by atoms with van der Waals surface area (Å²) in [5.41, 5.74) is 2.79. The molecule has 26 heavy (non-hydrogen) atoms. The molecule has 1 aromatic heterocycles. The van der Waals surface area contributed by atoms with Crippen LogP contribution in [0.15, 0.2) is 71.3 Å². The molecule has 4 rings (SSSR count). The molecule has 0 saturated carbocycles. The minimum atomic E-state index is -0.564. The average Bonchev–Trinajstić information content (AvgIpc) is 3.16. The number of carbonyl (C=O) groups is 1. The Morgan fingerprint density at radius 1 is 0.962 bits per heavy atom.